The first-order chi connectivity index (χ1) is 8.06. The summed E-state index contributed by atoms with van der Waals surface area (Å²) < 4.78 is 18.6. The van der Waals surface area contributed by atoms with Crippen molar-refractivity contribution in [2.75, 3.05) is 20.3 Å². The van der Waals surface area contributed by atoms with Gasteiger partial charge in [0.2, 0.25) is 0 Å². The lowest BCUT2D eigenvalue weighted by Crippen LogP contribution is -2.48. The summed E-state index contributed by atoms with van der Waals surface area (Å²) in [6, 6.07) is 4.85. The average Bonchev–Trinajstić information content (AvgIpc) is 2.37. The van der Waals surface area contributed by atoms with Crippen LogP contribution in [-0.4, -0.2) is 36.1 Å². The second-order valence-electron chi connectivity index (χ2n) is 4.16. The molecule has 0 atom stereocenters. The second-order valence-corrected chi connectivity index (χ2v) is 4.16. The summed E-state index contributed by atoms with van der Waals surface area (Å²) in [5.41, 5.74) is -0.396. The summed E-state index contributed by atoms with van der Waals surface area (Å²) in [6.07, 6.45) is 0. The average molecular weight is 243 g/mol. The molecule has 0 saturated heterocycles. The Balaban J connectivity index is 2.76. The molecule has 1 aromatic carbocycles. The molecular weight excluding hydrogens is 225 g/mol. The van der Waals surface area contributed by atoms with Crippen molar-refractivity contribution in [1.29, 1.82) is 0 Å². The number of hydrogen-bond donors (Lipinski definition) is 3. The first-order valence-electron chi connectivity index (χ1n) is 5.34. The number of nitrogens with one attached hydrogen (secondary N) is 1. The summed E-state index contributed by atoms with van der Waals surface area (Å²) in [5, 5.41) is 21.1. The van der Waals surface area contributed by atoms with Crippen LogP contribution in [0.1, 0.15) is 12.5 Å². The van der Waals surface area contributed by atoms with Crippen LogP contribution >= 0.6 is 0 Å². The Bertz CT molecular complexity index is 367. The predicted molar refractivity (Wildman–Crippen MR) is 62.4 cm³/mol. The topological polar surface area (TPSA) is 61.7 Å². The number of ether oxygens (including phenoxy) is 1. The number of methoxy groups -OCH3 is 1. The number of aliphatic hydroxyl groups is 2. The maximum absolute atomic E-state index is 13.8. The zero-order chi connectivity index (χ0) is 12.9. The second kappa shape index (κ2) is 5.95. The van der Waals surface area contributed by atoms with E-state index in [1.54, 1.807) is 19.1 Å². The van der Waals surface area contributed by atoms with E-state index in [4.69, 9.17) is 14.9 Å². The van der Waals surface area contributed by atoms with Gasteiger partial charge < -0.3 is 20.3 Å². The first kappa shape index (κ1) is 13.9. The molecule has 0 aliphatic rings. The van der Waals surface area contributed by atoms with E-state index >= 15 is 0 Å². The van der Waals surface area contributed by atoms with Crippen molar-refractivity contribution in [1.82, 2.24) is 5.32 Å². The van der Waals surface area contributed by atoms with Gasteiger partial charge in [0.25, 0.3) is 0 Å². The molecule has 0 spiro atoms. The Morgan fingerprint density at radius 2 is 2.00 bits per heavy atom. The fourth-order valence-corrected chi connectivity index (χ4v) is 1.32. The molecule has 0 amide bonds. The molecule has 0 unspecified atom stereocenters. The minimum atomic E-state index is -0.824. The first-order valence-corrected chi connectivity index (χ1v) is 5.34. The monoisotopic (exact) mass is 243 g/mol. The third-order valence-electron chi connectivity index (χ3n) is 2.67. The molecule has 17 heavy (non-hydrogen) atoms. The molecule has 0 heterocycles. The molecule has 0 saturated carbocycles. The highest BCUT2D eigenvalue weighted by molar-refractivity contribution is 5.31. The molecule has 0 aliphatic carbocycles. The standard InChI is InChI=1S/C12H18FNO3/c1-12(7-15,8-16)14-6-9-4-3-5-10(17-2)11(9)13/h3-5,14-16H,6-8H2,1-2H3. The Kier molecular flexibility index (Phi) is 4.86. The molecule has 3 N–H and O–H groups in total. The fourth-order valence-electron chi connectivity index (χ4n) is 1.32. The highest BCUT2D eigenvalue weighted by Gasteiger charge is 2.22. The summed E-state index contributed by atoms with van der Waals surface area (Å²) >= 11 is 0. The number of benzene rings is 1. The van der Waals surface area contributed by atoms with Gasteiger partial charge in [-0.05, 0) is 13.0 Å². The van der Waals surface area contributed by atoms with Gasteiger partial charge >= 0.3 is 0 Å². The van der Waals surface area contributed by atoms with Crippen LogP contribution in [0.3, 0.4) is 0 Å². The zero-order valence-corrected chi connectivity index (χ0v) is 10.0. The maximum Gasteiger partial charge on any atom is 0.169 e. The van der Waals surface area contributed by atoms with Crippen molar-refractivity contribution in [2.24, 2.45) is 0 Å². The lowest BCUT2D eigenvalue weighted by Gasteiger charge is -2.26. The zero-order valence-electron chi connectivity index (χ0n) is 10.0. The molecular formula is C12H18FNO3. The van der Waals surface area contributed by atoms with E-state index in [1.807, 2.05) is 0 Å². The van der Waals surface area contributed by atoms with Crippen LogP contribution in [0.2, 0.25) is 0 Å². The van der Waals surface area contributed by atoms with E-state index in [0.717, 1.165) is 0 Å². The van der Waals surface area contributed by atoms with Crippen LogP contribution in [0, 0.1) is 5.82 Å². The Labute approximate surface area is 100 Å². The van der Waals surface area contributed by atoms with Gasteiger partial charge in [-0.15, -0.1) is 0 Å². The van der Waals surface area contributed by atoms with Gasteiger partial charge in [-0.25, -0.2) is 4.39 Å². The molecule has 0 aliphatic heterocycles. The van der Waals surface area contributed by atoms with Gasteiger partial charge in [0.05, 0.1) is 25.9 Å². The summed E-state index contributed by atoms with van der Waals surface area (Å²) in [5.74, 6) is -0.250. The van der Waals surface area contributed by atoms with E-state index in [2.05, 4.69) is 5.32 Å². The molecule has 0 bridgehead atoms. The quantitative estimate of drug-likeness (QED) is 0.687. The van der Waals surface area contributed by atoms with Crippen molar-refractivity contribution in [2.45, 2.75) is 19.0 Å². The summed E-state index contributed by atoms with van der Waals surface area (Å²) in [6.45, 7) is 1.41. The largest absolute Gasteiger partial charge is 0.494 e. The van der Waals surface area contributed by atoms with Gasteiger partial charge in [0.1, 0.15) is 0 Å². The molecule has 1 aromatic rings. The lowest BCUT2D eigenvalue weighted by molar-refractivity contribution is 0.103. The van der Waals surface area contributed by atoms with Crippen molar-refractivity contribution < 1.29 is 19.3 Å². The molecule has 0 aromatic heterocycles. The molecule has 96 valence electrons. The smallest absolute Gasteiger partial charge is 0.169 e. The number of aliphatic hydroxyl groups excluding tert-OH is 2. The van der Waals surface area contributed by atoms with Crippen molar-refractivity contribution >= 4 is 0 Å². The highest BCUT2D eigenvalue weighted by Crippen LogP contribution is 2.20. The SMILES string of the molecule is COc1cccc(CNC(C)(CO)CO)c1F. The molecule has 0 radical (unpaired) electrons. The Hall–Kier alpha value is -1.17. The van der Waals surface area contributed by atoms with Gasteiger partial charge in [-0.1, -0.05) is 12.1 Å². The van der Waals surface area contributed by atoms with Gasteiger partial charge in [-0.3, -0.25) is 0 Å². The van der Waals surface area contributed by atoms with E-state index in [0.29, 0.717) is 5.56 Å². The predicted octanol–water partition coefficient (Wildman–Crippen LogP) is 0.667. The van der Waals surface area contributed by atoms with E-state index in [-0.39, 0.29) is 25.5 Å². The Morgan fingerprint density at radius 3 is 2.53 bits per heavy atom. The third kappa shape index (κ3) is 3.39. The van der Waals surface area contributed by atoms with E-state index in [1.165, 1.54) is 13.2 Å². The van der Waals surface area contributed by atoms with Gasteiger partial charge in [0.15, 0.2) is 11.6 Å². The molecule has 4 nitrogen and oxygen atoms in total. The molecule has 0 fully saturated rings. The fraction of sp³-hybridized carbons (Fsp3) is 0.500. The van der Waals surface area contributed by atoms with Crippen molar-refractivity contribution in [3.05, 3.63) is 29.6 Å². The van der Waals surface area contributed by atoms with Crippen LogP contribution in [0.5, 0.6) is 5.75 Å². The number of hydrogen-bond acceptors (Lipinski definition) is 4. The van der Waals surface area contributed by atoms with Crippen molar-refractivity contribution in [3.8, 4) is 5.75 Å². The maximum atomic E-state index is 13.8. The van der Waals surface area contributed by atoms with Crippen molar-refractivity contribution in [3.63, 3.8) is 0 Å². The summed E-state index contributed by atoms with van der Waals surface area (Å²) in [7, 11) is 1.40. The van der Waals surface area contributed by atoms with Crippen LogP contribution < -0.4 is 10.1 Å². The van der Waals surface area contributed by atoms with Crippen LogP contribution in [-0.2, 0) is 6.54 Å². The Morgan fingerprint density at radius 1 is 1.35 bits per heavy atom. The third-order valence-corrected chi connectivity index (χ3v) is 2.67. The van der Waals surface area contributed by atoms with Gasteiger partial charge in [0, 0.05) is 12.1 Å². The van der Waals surface area contributed by atoms with Gasteiger partial charge in [-0.2, -0.15) is 0 Å². The number of rotatable bonds is 6. The summed E-state index contributed by atoms with van der Waals surface area (Å²) in [4.78, 5) is 0. The molecule has 1 rings (SSSR count). The lowest BCUT2D eigenvalue weighted by atomic mass is 10.0. The van der Waals surface area contributed by atoms with Crippen LogP contribution in [0.25, 0.3) is 0 Å². The number of halogens is 1. The van der Waals surface area contributed by atoms with Crippen LogP contribution in [0.15, 0.2) is 18.2 Å². The van der Waals surface area contributed by atoms with E-state index < -0.39 is 11.4 Å². The minimum absolute atomic E-state index is 0.180. The molecule has 5 heteroatoms. The highest BCUT2D eigenvalue weighted by atomic mass is 19.1. The van der Waals surface area contributed by atoms with E-state index in [9.17, 15) is 4.39 Å². The normalized spacial score (nSPS) is 11.6. The van der Waals surface area contributed by atoms with Crippen LogP contribution in [0.4, 0.5) is 4.39 Å². The minimum Gasteiger partial charge on any atom is -0.494 e.